The molecule has 0 unspecified atom stereocenters. The van der Waals surface area contributed by atoms with Crippen LogP contribution in [0.2, 0.25) is 0 Å². The molecule has 0 radical (unpaired) electrons. The zero-order valence-electron chi connectivity index (χ0n) is 2.68. The zero-order chi connectivity index (χ0) is 4.99. The first-order chi connectivity index (χ1) is 2.77. The molecule has 0 fully saturated rings. The van der Waals surface area contributed by atoms with Crippen molar-refractivity contribution in [3.8, 4) is 0 Å². The molecular formula is C2HClO2S. The van der Waals surface area contributed by atoms with Crippen LogP contribution in [0.1, 0.15) is 0 Å². The van der Waals surface area contributed by atoms with Crippen molar-refractivity contribution in [1.82, 2.24) is 0 Å². The van der Waals surface area contributed by atoms with Crippen molar-refractivity contribution in [3.05, 3.63) is 0 Å². The van der Waals surface area contributed by atoms with Crippen LogP contribution in [0, 0.1) is 0 Å². The third-order valence-corrected chi connectivity index (χ3v) is 0.326. The molecule has 0 spiro atoms. The van der Waals surface area contributed by atoms with E-state index in [0.717, 1.165) is 5.55 Å². The second-order valence-corrected chi connectivity index (χ2v) is 0.953. The molecule has 0 bridgehead atoms. The normalized spacial score (nSPS) is 6.83. The Bertz CT molecular complexity index is 71.9. The summed E-state index contributed by atoms with van der Waals surface area (Å²) in [4.78, 5) is 9.49. The van der Waals surface area contributed by atoms with E-state index in [0.29, 0.717) is 0 Å². The molecule has 0 heterocycles. The van der Waals surface area contributed by atoms with Gasteiger partial charge in [-0.25, -0.2) is 4.79 Å². The van der Waals surface area contributed by atoms with Crippen molar-refractivity contribution in [1.29, 1.82) is 0 Å². The molecule has 0 aliphatic rings. The van der Waals surface area contributed by atoms with Gasteiger partial charge in [-0.1, -0.05) is 0 Å². The predicted molar refractivity (Wildman–Crippen MR) is 26.0 cm³/mol. The van der Waals surface area contributed by atoms with Gasteiger partial charge in [0.2, 0.25) is 0 Å². The Labute approximate surface area is 45.0 Å². The highest BCUT2D eigenvalue weighted by atomic mass is 35.5. The fourth-order valence-electron chi connectivity index (χ4n) is 0.0378. The smallest absolute Gasteiger partial charge is 0.409 e. The molecule has 0 saturated heterocycles. The zero-order valence-corrected chi connectivity index (χ0v) is 4.25. The van der Waals surface area contributed by atoms with Crippen LogP contribution in [0.5, 0.6) is 0 Å². The third-order valence-electron chi connectivity index (χ3n) is 0.141. The molecule has 0 atom stereocenters. The van der Waals surface area contributed by atoms with E-state index in [9.17, 15) is 4.79 Å². The third kappa shape index (κ3) is 3.85. The Hall–Kier alpha value is -0.150. The minimum Gasteiger partial charge on any atom is -0.411 e. The summed E-state index contributed by atoms with van der Waals surface area (Å²) in [5.41, 5.74) is -0.0972. The molecule has 6 heavy (non-hydrogen) atoms. The SMILES string of the molecule is O=C(Cl)OC=S. The predicted octanol–water partition coefficient (Wildman–Crippen LogP) is 1.32. The van der Waals surface area contributed by atoms with E-state index in [1.165, 1.54) is 0 Å². The molecule has 0 saturated carbocycles. The van der Waals surface area contributed by atoms with Crippen molar-refractivity contribution in [2.75, 3.05) is 0 Å². The number of ether oxygens (including phenoxy) is 1. The summed E-state index contributed by atoms with van der Waals surface area (Å²) >= 11 is 8.69. The number of hydrogen-bond donors (Lipinski definition) is 0. The molecule has 2 nitrogen and oxygen atoms in total. The van der Waals surface area contributed by atoms with Crippen LogP contribution in [-0.4, -0.2) is 11.0 Å². The molecular weight excluding hydrogens is 124 g/mol. The van der Waals surface area contributed by atoms with Gasteiger partial charge >= 0.3 is 5.43 Å². The van der Waals surface area contributed by atoms with Crippen LogP contribution < -0.4 is 0 Å². The minimum absolute atomic E-state index is 0.801. The standard InChI is InChI=1S/C2HClO2S/c3-2(4)5-1-6/h1H. The topological polar surface area (TPSA) is 26.3 Å². The van der Waals surface area contributed by atoms with E-state index in [1.54, 1.807) is 0 Å². The molecule has 34 valence electrons. The van der Waals surface area contributed by atoms with Crippen LogP contribution in [-0.2, 0) is 4.74 Å². The number of thiocarbonyl (C=S) groups is 1. The monoisotopic (exact) mass is 124 g/mol. The molecule has 0 amide bonds. The van der Waals surface area contributed by atoms with Crippen LogP contribution in [0.15, 0.2) is 0 Å². The van der Waals surface area contributed by atoms with Crippen LogP contribution in [0.4, 0.5) is 4.79 Å². The van der Waals surface area contributed by atoms with Gasteiger partial charge in [-0.2, -0.15) is 0 Å². The van der Waals surface area contributed by atoms with Gasteiger partial charge in [0.05, 0.1) is 0 Å². The molecule has 0 aromatic rings. The maximum atomic E-state index is 9.49. The maximum Gasteiger partial charge on any atom is 0.409 e. The summed E-state index contributed by atoms with van der Waals surface area (Å²) < 4.78 is 3.86. The van der Waals surface area contributed by atoms with Gasteiger partial charge in [-0.3, -0.25) is 0 Å². The van der Waals surface area contributed by atoms with Gasteiger partial charge in [0.25, 0.3) is 0 Å². The van der Waals surface area contributed by atoms with Crippen molar-refractivity contribution in [2.45, 2.75) is 0 Å². The second kappa shape index (κ2) is 3.06. The first kappa shape index (κ1) is 5.85. The Morgan fingerprint density at radius 3 is 2.50 bits per heavy atom. The summed E-state index contributed by atoms with van der Waals surface area (Å²) in [5, 5.41) is 0. The molecule has 0 aliphatic carbocycles. The fraction of sp³-hybridized carbons (Fsp3) is 0. The summed E-state index contributed by atoms with van der Waals surface area (Å²) in [6.07, 6.45) is 0. The largest absolute Gasteiger partial charge is 0.411 e. The Morgan fingerprint density at radius 1 is 2.00 bits per heavy atom. The minimum atomic E-state index is -0.898. The van der Waals surface area contributed by atoms with Crippen molar-refractivity contribution < 1.29 is 9.53 Å². The average molecular weight is 125 g/mol. The van der Waals surface area contributed by atoms with Gasteiger partial charge in [0.1, 0.15) is 0 Å². The summed E-state index contributed by atoms with van der Waals surface area (Å²) in [5.74, 6) is 0. The Morgan fingerprint density at radius 2 is 2.50 bits per heavy atom. The van der Waals surface area contributed by atoms with E-state index in [1.807, 2.05) is 0 Å². The Balaban J connectivity index is 3.05. The Kier molecular flexibility index (Phi) is 2.98. The molecule has 0 rings (SSSR count). The molecule has 4 heteroatoms. The lowest BCUT2D eigenvalue weighted by atomic mass is 11.5. The van der Waals surface area contributed by atoms with Gasteiger partial charge in [0.15, 0.2) is 5.55 Å². The highest BCUT2D eigenvalue weighted by molar-refractivity contribution is 7.78. The maximum absolute atomic E-state index is 9.49. The summed E-state index contributed by atoms with van der Waals surface area (Å²) in [7, 11) is 0. The number of carbonyl (C=O) groups is 1. The molecule has 0 aromatic carbocycles. The van der Waals surface area contributed by atoms with Crippen LogP contribution in [0.25, 0.3) is 0 Å². The lowest BCUT2D eigenvalue weighted by molar-refractivity contribution is 0.226. The van der Waals surface area contributed by atoms with Gasteiger partial charge in [-0.05, 0) is 12.2 Å². The van der Waals surface area contributed by atoms with Gasteiger partial charge in [-0.15, -0.1) is 0 Å². The van der Waals surface area contributed by atoms with E-state index in [-0.39, 0.29) is 0 Å². The number of halogens is 1. The number of carbonyl (C=O) groups excluding carboxylic acids is 1. The second-order valence-electron chi connectivity index (χ2n) is 0.452. The number of hydrogen-bond acceptors (Lipinski definition) is 3. The van der Waals surface area contributed by atoms with E-state index in [4.69, 9.17) is 0 Å². The first-order valence-electron chi connectivity index (χ1n) is 1.07. The van der Waals surface area contributed by atoms with Gasteiger partial charge < -0.3 is 4.74 Å². The van der Waals surface area contributed by atoms with E-state index in [2.05, 4.69) is 28.6 Å². The highest BCUT2D eigenvalue weighted by Crippen LogP contribution is 1.80. The summed E-state index contributed by atoms with van der Waals surface area (Å²) in [6.45, 7) is 0. The van der Waals surface area contributed by atoms with E-state index >= 15 is 0 Å². The van der Waals surface area contributed by atoms with Gasteiger partial charge in [0, 0.05) is 11.6 Å². The summed E-state index contributed by atoms with van der Waals surface area (Å²) in [6, 6.07) is 0. The van der Waals surface area contributed by atoms with Crippen LogP contribution >= 0.6 is 23.8 Å². The molecule has 0 aromatic heterocycles. The molecule has 0 N–H and O–H groups in total. The van der Waals surface area contributed by atoms with Crippen molar-refractivity contribution >= 4 is 34.8 Å². The van der Waals surface area contributed by atoms with Crippen molar-refractivity contribution in [2.24, 2.45) is 0 Å². The van der Waals surface area contributed by atoms with E-state index < -0.39 is 5.43 Å². The average Bonchev–Trinajstić information content (AvgIpc) is 1.35. The highest BCUT2D eigenvalue weighted by Gasteiger charge is 1.84. The fourth-order valence-corrected chi connectivity index (χ4v) is 0.223. The lowest BCUT2D eigenvalue weighted by Crippen LogP contribution is -1.84. The molecule has 0 aliphatic heterocycles. The quantitative estimate of drug-likeness (QED) is 0.390. The first-order valence-corrected chi connectivity index (χ1v) is 1.92. The van der Waals surface area contributed by atoms with Crippen LogP contribution in [0.3, 0.4) is 0 Å². The lowest BCUT2D eigenvalue weighted by Gasteiger charge is -1.78. The van der Waals surface area contributed by atoms with Crippen molar-refractivity contribution in [3.63, 3.8) is 0 Å². The number of rotatable bonds is 1.